The maximum absolute atomic E-state index is 13.1. The number of carbonyl (C=O) groups excluding carboxylic acids is 1. The van der Waals surface area contributed by atoms with Crippen molar-refractivity contribution in [3.8, 4) is 17.0 Å². The fourth-order valence-corrected chi connectivity index (χ4v) is 3.69. The number of amides is 1. The van der Waals surface area contributed by atoms with Crippen LogP contribution >= 0.6 is 11.6 Å². The van der Waals surface area contributed by atoms with E-state index >= 15 is 0 Å². The molecule has 1 aliphatic rings. The first kappa shape index (κ1) is 19.3. The first-order chi connectivity index (χ1) is 14.0. The first-order valence-electron chi connectivity index (χ1n) is 9.53. The largest absolute Gasteiger partial charge is 0.497 e. The van der Waals surface area contributed by atoms with Crippen molar-refractivity contribution in [3.05, 3.63) is 65.3 Å². The van der Waals surface area contributed by atoms with Gasteiger partial charge in [-0.3, -0.25) is 9.48 Å². The predicted octanol–water partition coefficient (Wildman–Crippen LogP) is 3.71. The zero-order chi connectivity index (χ0) is 20.4. The number of methoxy groups -OCH3 is 1. The van der Waals surface area contributed by atoms with Crippen molar-refractivity contribution >= 4 is 23.2 Å². The quantitative estimate of drug-likeness (QED) is 0.658. The third kappa shape index (κ3) is 4.07. The number of aromatic nitrogens is 2. The topological polar surface area (TPSA) is 50.6 Å². The van der Waals surface area contributed by atoms with Gasteiger partial charge in [-0.15, -0.1) is 0 Å². The molecule has 1 amide bonds. The van der Waals surface area contributed by atoms with Gasteiger partial charge in [-0.2, -0.15) is 5.10 Å². The number of nitrogens with zero attached hydrogens (tertiary/aromatic N) is 4. The first-order valence-corrected chi connectivity index (χ1v) is 9.91. The summed E-state index contributed by atoms with van der Waals surface area (Å²) in [6.07, 6.45) is 0. The van der Waals surface area contributed by atoms with Crippen LogP contribution in [0, 0.1) is 0 Å². The Morgan fingerprint density at radius 2 is 1.76 bits per heavy atom. The molecule has 1 aliphatic heterocycles. The van der Waals surface area contributed by atoms with Crippen LogP contribution in [0.4, 0.5) is 5.69 Å². The van der Waals surface area contributed by atoms with E-state index in [1.165, 1.54) is 0 Å². The molecular weight excluding hydrogens is 388 g/mol. The Bertz CT molecular complexity index is 1010. The number of anilines is 1. The second kappa shape index (κ2) is 8.17. The van der Waals surface area contributed by atoms with E-state index in [-0.39, 0.29) is 5.91 Å². The lowest BCUT2D eigenvalue weighted by Gasteiger charge is -2.36. The highest BCUT2D eigenvalue weighted by Crippen LogP contribution is 2.24. The number of aryl methyl sites for hydroxylation is 1. The highest BCUT2D eigenvalue weighted by Gasteiger charge is 2.25. The molecule has 150 valence electrons. The van der Waals surface area contributed by atoms with Gasteiger partial charge < -0.3 is 14.5 Å². The molecular formula is C22H23ClN4O2. The molecule has 0 N–H and O–H groups in total. The summed E-state index contributed by atoms with van der Waals surface area (Å²) in [6.45, 7) is 2.89. The standard InChI is InChI=1S/C22H23ClN4O2/c1-25-21(15-20(24-25)16-6-8-17(23)9-7-16)22(28)27-12-10-26(11-13-27)18-4-3-5-19(14-18)29-2/h3-9,14-15H,10-13H2,1-2H3. The minimum atomic E-state index is 0.00510. The summed E-state index contributed by atoms with van der Waals surface area (Å²) in [5.74, 6) is 0.844. The number of ether oxygens (including phenoxy) is 1. The Hall–Kier alpha value is -2.99. The summed E-state index contributed by atoms with van der Waals surface area (Å²) in [6, 6.07) is 17.3. The van der Waals surface area contributed by atoms with Gasteiger partial charge >= 0.3 is 0 Å². The second-order valence-electron chi connectivity index (χ2n) is 7.03. The van der Waals surface area contributed by atoms with Crippen LogP contribution in [0.1, 0.15) is 10.5 Å². The SMILES string of the molecule is COc1cccc(N2CCN(C(=O)c3cc(-c4ccc(Cl)cc4)nn3C)CC2)c1. The van der Waals surface area contributed by atoms with Crippen LogP contribution in [0.25, 0.3) is 11.3 Å². The van der Waals surface area contributed by atoms with Gasteiger partial charge in [0.05, 0.1) is 12.8 Å². The van der Waals surface area contributed by atoms with Gasteiger partial charge in [0.2, 0.25) is 0 Å². The van der Waals surface area contributed by atoms with Crippen molar-refractivity contribution in [1.82, 2.24) is 14.7 Å². The van der Waals surface area contributed by atoms with Crippen LogP contribution < -0.4 is 9.64 Å². The van der Waals surface area contributed by atoms with Gasteiger partial charge in [-0.05, 0) is 30.3 Å². The van der Waals surface area contributed by atoms with E-state index in [9.17, 15) is 4.79 Å². The molecule has 0 unspecified atom stereocenters. The molecule has 2 aromatic carbocycles. The van der Waals surface area contributed by atoms with Crippen LogP contribution in [-0.2, 0) is 7.05 Å². The maximum Gasteiger partial charge on any atom is 0.272 e. The number of hydrogen-bond acceptors (Lipinski definition) is 4. The Morgan fingerprint density at radius 3 is 2.45 bits per heavy atom. The number of carbonyl (C=O) groups is 1. The lowest BCUT2D eigenvalue weighted by atomic mass is 10.1. The Labute approximate surface area is 175 Å². The molecule has 0 aliphatic carbocycles. The van der Waals surface area contributed by atoms with Crippen LogP contribution in [0.5, 0.6) is 5.75 Å². The molecule has 0 radical (unpaired) electrons. The summed E-state index contributed by atoms with van der Waals surface area (Å²) in [5.41, 5.74) is 3.40. The summed E-state index contributed by atoms with van der Waals surface area (Å²) in [7, 11) is 3.47. The molecule has 1 fully saturated rings. The van der Waals surface area contributed by atoms with Gasteiger partial charge in [-0.1, -0.05) is 29.8 Å². The average Bonchev–Trinajstić information content (AvgIpc) is 3.15. The van der Waals surface area contributed by atoms with Crippen molar-refractivity contribution in [2.45, 2.75) is 0 Å². The molecule has 1 saturated heterocycles. The van der Waals surface area contributed by atoms with Crippen LogP contribution in [-0.4, -0.2) is 53.9 Å². The van der Waals surface area contributed by atoms with E-state index in [1.807, 2.05) is 53.4 Å². The van der Waals surface area contributed by atoms with E-state index in [2.05, 4.69) is 16.1 Å². The minimum Gasteiger partial charge on any atom is -0.497 e. The molecule has 0 bridgehead atoms. The van der Waals surface area contributed by atoms with Crippen LogP contribution in [0.3, 0.4) is 0 Å². The van der Waals surface area contributed by atoms with Gasteiger partial charge in [0, 0.05) is 55.6 Å². The molecule has 0 spiro atoms. The molecule has 3 aromatic rings. The zero-order valence-corrected chi connectivity index (χ0v) is 17.3. The van der Waals surface area contributed by atoms with Gasteiger partial charge in [0.25, 0.3) is 5.91 Å². The molecule has 1 aromatic heterocycles. The number of rotatable bonds is 4. The van der Waals surface area contributed by atoms with E-state index in [0.717, 1.165) is 35.8 Å². The molecule has 7 heteroatoms. The fourth-order valence-electron chi connectivity index (χ4n) is 3.57. The molecule has 0 atom stereocenters. The zero-order valence-electron chi connectivity index (χ0n) is 16.5. The van der Waals surface area contributed by atoms with Crippen LogP contribution in [0.15, 0.2) is 54.6 Å². The number of halogens is 1. The smallest absolute Gasteiger partial charge is 0.272 e. The second-order valence-corrected chi connectivity index (χ2v) is 7.46. The van der Waals surface area contributed by atoms with E-state index in [0.29, 0.717) is 23.8 Å². The summed E-state index contributed by atoms with van der Waals surface area (Å²) < 4.78 is 6.97. The van der Waals surface area contributed by atoms with Gasteiger partial charge in [0.15, 0.2) is 0 Å². The van der Waals surface area contributed by atoms with Crippen molar-refractivity contribution in [2.24, 2.45) is 7.05 Å². The average molecular weight is 411 g/mol. The van der Waals surface area contributed by atoms with Crippen molar-refractivity contribution in [1.29, 1.82) is 0 Å². The fraction of sp³-hybridized carbons (Fsp3) is 0.273. The molecule has 0 saturated carbocycles. The number of piperazine rings is 1. The number of hydrogen-bond donors (Lipinski definition) is 0. The van der Waals surface area contributed by atoms with Gasteiger partial charge in [0.1, 0.15) is 11.4 Å². The van der Waals surface area contributed by atoms with Crippen LogP contribution in [0.2, 0.25) is 5.02 Å². The molecule has 29 heavy (non-hydrogen) atoms. The molecule has 2 heterocycles. The van der Waals surface area contributed by atoms with Crippen molar-refractivity contribution in [2.75, 3.05) is 38.2 Å². The third-order valence-electron chi connectivity index (χ3n) is 5.22. The molecule has 6 nitrogen and oxygen atoms in total. The highest BCUT2D eigenvalue weighted by molar-refractivity contribution is 6.30. The monoisotopic (exact) mass is 410 g/mol. The summed E-state index contributed by atoms with van der Waals surface area (Å²) in [4.78, 5) is 17.2. The Balaban J connectivity index is 1.45. The van der Waals surface area contributed by atoms with E-state index < -0.39 is 0 Å². The predicted molar refractivity (Wildman–Crippen MR) is 115 cm³/mol. The van der Waals surface area contributed by atoms with E-state index in [4.69, 9.17) is 16.3 Å². The minimum absolute atomic E-state index is 0.00510. The third-order valence-corrected chi connectivity index (χ3v) is 5.48. The van der Waals surface area contributed by atoms with Gasteiger partial charge in [-0.25, -0.2) is 0 Å². The molecule has 4 rings (SSSR count). The highest BCUT2D eigenvalue weighted by atomic mass is 35.5. The summed E-state index contributed by atoms with van der Waals surface area (Å²) in [5, 5.41) is 5.19. The van der Waals surface area contributed by atoms with E-state index in [1.54, 1.807) is 18.8 Å². The summed E-state index contributed by atoms with van der Waals surface area (Å²) >= 11 is 5.96. The normalized spacial score (nSPS) is 14.2. The van der Waals surface area contributed by atoms with Crippen molar-refractivity contribution < 1.29 is 9.53 Å². The lowest BCUT2D eigenvalue weighted by molar-refractivity contribution is 0.0735. The number of benzene rings is 2. The Morgan fingerprint density at radius 1 is 1.03 bits per heavy atom. The lowest BCUT2D eigenvalue weighted by Crippen LogP contribution is -2.49. The van der Waals surface area contributed by atoms with Crippen molar-refractivity contribution in [3.63, 3.8) is 0 Å². The maximum atomic E-state index is 13.1. The Kier molecular flexibility index (Phi) is 5.45.